The summed E-state index contributed by atoms with van der Waals surface area (Å²) in [5.74, 6) is 4.35. The molecule has 1 aromatic carbocycles. The molecular formula is C12H13N5O3. The van der Waals surface area contributed by atoms with Crippen LogP contribution >= 0.6 is 0 Å². The van der Waals surface area contributed by atoms with E-state index in [2.05, 4.69) is 15.3 Å². The largest absolute Gasteiger partial charge is 0.495 e. The number of nitrogen functional groups attached to an aromatic ring is 1. The minimum Gasteiger partial charge on any atom is -0.495 e. The summed E-state index contributed by atoms with van der Waals surface area (Å²) in [6.07, 6.45) is 1.24. The van der Waals surface area contributed by atoms with Crippen LogP contribution in [0.5, 0.6) is 5.75 Å². The molecule has 0 saturated heterocycles. The maximum atomic E-state index is 12.1. The van der Waals surface area contributed by atoms with E-state index < -0.39 is 11.8 Å². The van der Waals surface area contributed by atoms with Gasteiger partial charge in [0.1, 0.15) is 11.4 Å². The fourth-order valence-electron chi connectivity index (χ4n) is 1.64. The van der Waals surface area contributed by atoms with Crippen molar-refractivity contribution in [3.05, 3.63) is 42.0 Å². The Morgan fingerprint density at radius 1 is 1.30 bits per heavy atom. The highest BCUT2D eigenvalue weighted by Crippen LogP contribution is 2.23. The maximum absolute atomic E-state index is 12.1. The highest BCUT2D eigenvalue weighted by Gasteiger charge is 2.20. The third kappa shape index (κ3) is 2.59. The number of rotatable bonds is 4. The number of para-hydroxylation sites is 2. The van der Waals surface area contributed by atoms with Crippen LogP contribution in [-0.4, -0.2) is 28.9 Å². The van der Waals surface area contributed by atoms with Gasteiger partial charge in [0, 0.05) is 0 Å². The van der Waals surface area contributed by atoms with E-state index in [1.165, 1.54) is 13.4 Å². The zero-order valence-electron chi connectivity index (χ0n) is 10.6. The van der Waals surface area contributed by atoms with E-state index >= 15 is 0 Å². The summed E-state index contributed by atoms with van der Waals surface area (Å²) in [5, 5.41) is 2.63. The second kappa shape index (κ2) is 5.85. The molecule has 1 heterocycles. The van der Waals surface area contributed by atoms with Gasteiger partial charge in [-0.2, -0.15) is 0 Å². The predicted molar refractivity (Wildman–Crippen MR) is 71.2 cm³/mol. The number of amides is 2. The number of imidazole rings is 1. The van der Waals surface area contributed by atoms with Crippen LogP contribution in [-0.2, 0) is 0 Å². The molecule has 5 N–H and O–H groups in total. The van der Waals surface area contributed by atoms with E-state index in [9.17, 15) is 9.59 Å². The molecule has 104 valence electrons. The maximum Gasteiger partial charge on any atom is 0.286 e. The molecule has 8 heteroatoms. The number of nitrogens with one attached hydrogen (secondary N) is 3. The lowest BCUT2D eigenvalue weighted by molar-refractivity contribution is 0.0935. The number of carbonyl (C=O) groups excluding carboxylic acids is 2. The van der Waals surface area contributed by atoms with Gasteiger partial charge < -0.3 is 15.0 Å². The number of H-pyrrole nitrogens is 1. The minimum absolute atomic E-state index is 0.0128. The molecule has 2 amide bonds. The summed E-state index contributed by atoms with van der Waals surface area (Å²) in [6.45, 7) is 0. The van der Waals surface area contributed by atoms with Crippen molar-refractivity contribution in [3.63, 3.8) is 0 Å². The van der Waals surface area contributed by atoms with Gasteiger partial charge in [0.05, 0.1) is 19.1 Å². The fourth-order valence-corrected chi connectivity index (χ4v) is 1.64. The van der Waals surface area contributed by atoms with E-state index in [-0.39, 0.29) is 11.4 Å². The molecule has 1 aromatic heterocycles. The van der Waals surface area contributed by atoms with Crippen LogP contribution in [0, 0.1) is 0 Å². The molecule has 0 aliphatic carbocycles. The Bertz CT molecular complexity index is 638. The molecule has 2 rings (SSSR count). The summed E-state index contributed by atoms with van der Waals surface area (Å²) in [6, 6.07) is 6.91. The SMILES string of the molecule is COc1ccccc1NC(=O)c1[nH]cnc1C(=O)NN. The standard InChI is InChI=1S/C12H13N5O3/c1-20-8-5-3-2-4-7(8)16-11(18)9-10(12(19)17-13)15-6-14-9/h2-6H,13H2,1H3,(H,14,15)(H,16,18)(H,17,19). The van der Waals surface area contributed by atoms with Gasteiger partial charge in [-0.3, -0.25) is 15.0 Å². The smallest absolute Gasteiger partial charge is 0.286 e. The number of hydrazine groups is 1. The monoisotopic (exact) mass is 275 g/mol. The number of benzene rings is 1. The van der Waals surface area contributed by atoms with Crippen LogP contribution in [0.4, 0.5) is 5.69 Å². The van der Waals surface area contributed by atoms with Crippen LogP contribution in [0.3, 0.4) is 0 Å². The van der Waals surface area contributed by atoms with E-state index in [1.807, 2.05) is 5.43 Å². The summed E-state index contributed by atoms with van der Waals surface area (Å²) in [5.41, 5.74) is 2.33. The molecule has 8 nitrogen and oxygen atoms in total. The van der Waals surface area contributed by atoms with Gasteiger partial charge in [-0.05, 0) is 12.1 Å². The van der Waals surface area contributed by atoms with Gasteiger partial charge >= 0.3 is 0 Å². The van der Waals surface area contributed by atoms with Gasteiger partial charge in [-0.1, -0.05) is 12.1 Å². The van der Waals surface area contributed by atoms with Gasteiger partial charge in [-0.15, -0.1) is 0 Å². The predicted octanol–water partition coefficient (Wildman–Crippen LogP) is 0.274. The average molecular weight is 275 g/mol. The van der Waals surface area contributed by atoms with Crippen molar-refractivity contribution in [2.24, 2.45) is 5.84 Å². The summed E-state index contributed by atoms with van der Waals surface area (Å²) in [7, 11) is 1.49. The number of ether oxygens (including phenoxy) is 1. The topological polar surface area (TPSA) is 122 Å². The Morgan fingerprint density at radius 3 is 2.75 bits per heavy atom. The van der Waals surface area contributed by atoms with Crippen molar-refractivity contribution in [1.82, 2.24) is 15.4 Å². The first-order valence-electron chi connectivity index (χ1n) is 5.66. The quantitative estimate of drug-likeness (QED) is 0.362. The number of nitrogens with zero attached hydrogens (tertiary/aromatic N) is 1. The van der Waals surface area contributed by atoms with Crippen molar-refractivity contribution in [2.45, 2.75) is 0 Å². The number of hydrogen-bond acceptors (Lipinski definition) is 5. The number of nitrogens with two attached hydrogens (primary N) is 1. The Balaban J connectivity index is 2.25. The Hall–Kier alpha value is -2.87. The molecule has 0 bridgehead atoms. The van der Waals surface area contributed by atoms with Crippen molar-refractivity contribution in [3.8, 4) is 5.75 Å². The van der Waals surface area contributed by atoms with E-state index in [4.69, 9.17) is 10.6 Å². The van der Waals surface area contributed by atoms with Gasteiger partial charge in [0.15, 0.2) is 5.69 Å². The lowest BCUT2D eigenvalue weighted by Gasteiger charge is -2.09. The van der Waals surface area contributed by atoms with Gasteiger partial charge in [-0.25, -0.2) is 10.8 Å². The van der Waals surface area contributed by atoms with Crippen LogP contribution in [0.25, 0.3) is 0 Å². The highest BCUT2D eigenvalue weighted by atomic mass is 16.5. The van der Waals surface area contributed by atoms with Crippen molar-refractivity contribution >= 4 is 17.5 Å². The molecule has 0 fully saturated rings. The fraction of sp³-hybridized carbons (Fsp3) is 0.0833. The van der Waals surface area contributed by atoms with Crippen LogP contribution in [0.2, 0.25) is 0 Å². The molecule has 0 atom stereocenters. The highest BCUT2D eigenvalue weighted by molar-refractivity contribution is 6.10. The number of methoxy groups -OCH3 is 1. The number of aromatic nitrogens is 2. The van der Waals surface area contributed by atoms with Crippen LogP contribution < -0.4 is 21.3 Å². The Kier molecular flexibility index (Phi) is 3.96. The molecule has 0 unspecified atom stereocenters. The number of aromatic amines is 1. The summed E-state index contributed by atoms with van der Waals surface area (Å²) < 4.78 is 5.12. The molecular weight excluding hydrogens is 262 g/mol. The summed E-state index contributed by atoms with van der Waals surface area (Å²) in [4.78, 5) is 29.9. The second-order valence-electron chi connectivity index (χ2n) is 3.75. The molecule has 0 radical (unpaired) electrons. The summed E-state index contributed by atoms with van der Waals surface area (Å²) >= 11 is 0. The molecule has 20 heavy (non-hydrogen) atoms. The molecule has 0 aliphatic heterocycles. The third-order valence-corrected chi connectivity index (χ3v) is 2.57. The average Bonchev–Trinajstić information content (AvgIpc) is 2.96. The lowest BCUT2D eigenvalue weighted by Crippen LogP contribution is -2.32. The third-order valence-electron chi connectivity index (χ3n) is 2.57. The second-order valence-corrected chi connectivity index (χ2v) is 3.75. The van der Waals surface area contributed by atoms with Crippen molar-refractivity contribution in [1.29, 1.82) is 0 Å². The molecule has 0 saturated carbocycles. The lowest BCUT2D eigenvalue weighted by atomic mass is 10.2. The van der Waals surface area contributed by atoms with Crippen LogP contribution in [0.15, 0.2) is 30.6 Å². The van der Waals surface area contributed by atoms with E-state index in [1.54, 1.807) is 24.3 Å². The molecule has 2 aromatic rings. The zero-order chi connectivity index (χ0) is 14.5. The number of anilines is 1. The van der Waals surface area contributed by atoms with E-state index in [0.717, 1.165) is 0 Å². The Labute approximate surface area is 114 Å². The molecule has 0 aliphatic rings. The number of carbonyl (C=O) groups is 2. The Morgan fingerprint density at radius 2 is 2.05 bits per heavy atom. The van der Waals surface area contributed by atoms with Crippen LogP contribution in [0.1, 0.15) is 21.0 Å². The van der Waals surface area contributed by atoms with Gasteiger partial charge in [0.2, 0.25) is 0 Å². The number of hydrogen-bond donors (Lipinski definition) is 4. The normalized spacial score (nSPS) is 9.90. The molecule has 0 spiro atoms. The van der Waals surface area contributed by atoms with Gasteiger partial charge in [0.25, 0.3) is 11.8 Å². The first kappa shape index (κ1) is 13.6. The first-order chi connectivity index (χ1) is 9.67. The first-order valence-corrected chi connectivity index (χ1v) is 5.66. The van der Waals surface area contributed by atoms with Crippen molar-refractivity contribution < 1.29 is 14.3 Å². The minimum atomic E-state index is -0.656. The van der Waals surface area contributed by atoms with Crippen molar-refractivity contribution in [2.75, 3.05) is 12.4 Å². The zero-order valence-corrected chi connectivity index (χ0v) is 10.6. The van der Waals surface area contributed by atoms with E-state index in [0.29, 0.717) is 11.4 Å².